The van der Waals surface area contributed by atoms with Crippen molar-refractivity contribution in [1.82, 2.24) is 25.4 Å². The van der Waals surface area contributed by atoms with Gasteiger partial charge < -0.3 is 5.32 Å². The monoisotopic (exact) mass is 439 g/mol. The number of amides is 3. The maximum Gasteiger partial charge on any atom is 0.325 e. The van der Waals surface area contributed by atoms with Crippen LogP contribution in [0.5, 0.6) is 0 Å². The van der Waals surface area contributed by atoms with E-state index in [1.54, 1.807) is 42.9 Å². The van der Waals surface area contributed by atoms with Crippen molar-refractivity contribution in [3.8, 4) is 11.1 Å². The second-order valence-corrected chi connectivity index (χ2v) is 8.28. The molecule has 3 aromatic rings. The quantitative estimate of drug-likeness (QED) is 0.479. The molecular formula is C22H19F2N5O3. The second-order valence-electron chi connectivity index (χ2n) is 8.28. The zero-order valence-corrected chi connectivity index (χ0v) is 16.9. The van der Waals surface area contributed by atoms with Gasteiger partial charge in [0.1, 0.15) is 5.54 Å². The number of fused-ring (bicyclic) bond motifs is 1. The number of alkyl halides is 2. The number of pyridine rings is 1. The Morgan fingerprint density at radius 3 is 2.47 bits per heavy atom. The van der Waals surface area contributed by atoms with E-state index in [4.69, 9.17) is 0 Å². The molecule has 1 saturated heterocycles. The predicted octanol–water partition coefficient (Wildman–Crippen LogP) is 3.31. The Morgan fingerprint density at radius 1 is 1.03 bits per heavy atom. The maximum atomic E-state index is 13.5. The van der Waals surface area contributed by atoms with Crippen LogP contribution in [0.15, 0.2) is 42.9 Å². The summed E-state index contributed by atoms with van der Waals surface area (Å²) in [5.74, 6) is -3.86. The molecule has 2 N–H and O–H groups in total. The minimum atomic E-state index is -2.84. The van der Waals surface area contributed by atoms with Crippen molar-refractivity contribution in [3.63, 3.8) is 0 Å². The molecule has 1 spiro atoms. The third-order valence-corrected chi connectivity index (χ3v) is 6.27. The Bertz CT molecular complexity index is 1230. The molecule has 0 unspecified atom stereocenters. The van der Waals surface area contributed by atoms with Gasteiger partial charge in [-0.25, -0.2) is 13.6 Å². The van der Waals surface area contributed by atoms with Crippen molar-refractivity contribution in [2.45, 2.75) is 37.1 Å². The average molecular weight is 439 g/mol. The van der Waals surface area contributed by atoms with Gasteiger partial charge in [0.2, 0.25) is 5.92 Å². The van der Waals surface area contributed by atoms with E-state index in [1.165, 1.54) is 0 Å². The smallest absolute Gasteiger partial charge is 0.323 e. The Balaban J connectivity index is 1.32. The van der Waals surface area contributed by atoms with Crippen molar-refractivity contribution in [1.29, 1.82) is 0 Å². The van der Waals surface area contributed by atoms with E-state index in [1.807, 2.05) is 0 Å². The Labute approximate surface area is 181 Å². The molecule has 8 nitrogen and oxygen atoms in total. The average Bonchev–Trinajstić information content (AvgIpc) is 3.35. The molecule has 1 aliphatic heterocycles. The lowest BCUT2D eigenvalue weighted by Crippen LogP contribution is -2.51. The van der Waals surface area contributed by atoms with Gasteiger partial charge >= 0.3 is 6.03 Å². The number of H-pyrrole nitrogens is 1. The molecule has 2 aliphatic rings. The molecule has 32 heavy (non-hydrogen) atoms. The lowest BCUT2D eigenvalue weighted by Gasteiger charge is -2.34. The van der Waals surface area contributed by atoms with Gasteiger partial charge in [0, 0.05) is 35.6 Å². The summed E-state index contributed by atoms with van der Waals surface area (Å²) < 4.78 is 27.0. The fourth-order valence-electron chi connectivity index (χ4n) is 4.37. The number of ketones is 1. The van der Waals surface area contributed by atoms with E-state index >= 15 is 0 Å². The third kappa shape index (κ3) is 3.31. The molecule has 3 amide bonds. The van der Waals surface area contributed by atoms with Crippen LogP contribution >= 0.6 is 0 Å². The molecular weight excluding hydrogens is 420 g/mol. The second kappa shape index (κ2) is 7.18. The number of carbonyl (C=O) groups is 3. The highest BCUT2D eigenvalue weighted by Gasteiger charge is 2.55. The summed E-state index contributed by atoms with van der Waals surface area (Å²) in [5.41, 5.74) is 1.46. The van der Waals surface area contributed by atoms with Crippen LogP contribution in [0, 0.1) is 0 Å². The van der Waals surface area contributed by atoms with E-state index in [2.05, 4.69) is 20.5 Å². The lowest BCUT2D eigenvalue weighted by molar-refractivity contribution is -0.135. The fourth-order valence-corrected chi connectivity index (χ4v) is 4.37. The van der Waals surface area contributed by atoms with E-state index in [0.717, 1.165) is 26.9 Å². The maximum absolute atomic E-state index is 13.5. The summed E-state index contributed by atoms with van der Waals surface area (Å²) in [6.07, 6.45) is 3.84. The van der Waals surface area contributed by atoms with Crippen LogP contribution in [0.2, 0.25) is 0 Å². The standard InChI is InChI=1S/C22H19F2N5O3/c23-22(24)7-5-21(6-8-22)19(31)29(20(32)27-21)12-18(30)14-3-1-13(2-4-14)15-9-25-11-17-16(15)10-26-28-17/h1-4,9-11H,5-8,12H2,(H,26,28)(H,27,32). The molecule has 2 fully saturated rings. The summed E-state index contributed by atoms with van der Waals surface area (Å²) in [7, 11) is 0. The number of carbonyl (C=O) groups excluding carboxylic acids is 3. The van der Waals surface area contributed by atoms with Crippen LogP contribution < -0.4 is 5.32 Å². The van der Waals surface area contributed by atoms with Crippen LogP contribution in [-0.4, -0.2) is 55.8 Å². The van der Waals surface area contributed by atoms with Gasteiger partial charge in [0.25, 0.3) is 5.91 Å². The van der Waals surface area contributed by atoms with Gasteiger partial charge in [-0.3, -0.25) is 24.6 Å². The molecule has 10 heteroatoms. The fraction of sp³-hybridized carbons (Fsp3) is 0.318. The minimum absolute atomic E-state index is 0.141. The van der Waals surface area contributed by atoms with Crippen molar-refractivity contribution >= 4 is 28.6 Å². The number of aromatic nitrogens is 3. The highest BCUT2D eigenvalue weighted by Crippen LogP contribution is 2.41. The molecule has 0 bridgehead atoms. The number of hydrogen-bond donors (Lipinski definition) is 2. The first-order chi connectivity index (χ1) is 15.3. The van der Waals surface area contributed by atoms with Crippen LogP contribution in [0.4, 0.5) is 13.6 Å². The van der Waals surface area contributed by atoms with E-state index in [9.17, 15) is 23.2 Å². The van der Waals surface area contributed by atoms with E-state index in [-0.39, 0.29) is 12.8 Å². The Kier molecular flexibility index (Phi) is 4.54. The zero-order valence-electron chi connectivity index (χ0n) is 16.9. The molecule has 0 radical (unpaired) electrons. The minimum Gasteiger partial charge on any atom is -0.323 e. The highest BCUT2D eigenvalue weighted by molar-refractivity contribution is 6.11. The van der Waals surface area contributed by atoms with Crippen molar-refractivity contribution in [2.24, 2.45) is 0 Å². The number of imide groups is 1. The summed E-state index contributed by atoms with van der Waals surface area (Å²) in [4.78, 5) is 43.0. The van der Waals surface area contributed by atoms with Crippen LogP contribution in [0.3, 0.4) is 0 Å². The van der Waals surface area contributed by atoms with Crippen molar-refractivity contribution < 1.29 is 23.2 Å². The highest BCUT2D eigenvalue weighted by atomic mass is 19.3. The summed E-state index contributed by atoms with van der Waals surface area (Å²) >= 11 is 0. The first-order valence-electron chi connectivity index (χ1n) is 10.2. The first-order valence-corrected chi connectivity index (χ1v) is 10.2. The molecule has 3 heterocycles. The van der Waals surface area contributed by atoms with Gasteiger partial charge in [-0.15, -0.1) is 0 Å². The van der Waals surface area contributed by atoms with Crippen LogP contribution in [0.1, 0.15) is 36.0 Å². The van der Waals surface area contributed by atoms with Crippen LogP contribution in [0.25, 0.3) is 22.0 Å². The van der Waals surface area contributed by atoms with Gasteiger partial charge in [0.15, 0.2) is 5.78 Å². The predicted molar refractivity (Wildman–Crippen MR) is 110 cm³/mol. The van der Waals surface area contributed by atoms with Crippen molar-refractivity contribution in [2.75, 3.05) is 6.54 Å². The van der Waals surface area contributed by atoms with Gasteiger partial charge in [-0.2, -0.15) is 5.10 Å². The van der Waals surface area contributed by atoms with E-state index < -0.39 is 48.6 Å². The molecule has 1 aromatic carbocycles. The Hall–Kier alpha value is -3.69. The van der Waals surface area contributed by atoms with Crippen LogP contribution in [-0.2, 0) is 4.79 Å². The summed E-state index contributed by atoms with van der Waals surface area (Å²) in [5, 5.41) is 10.3. The third-order valence-electron chi connectivity index (χ3n) is 6.27. The van der Waals surface area contributed by atoms with Gasteiger partial charge in [-0.05, 0) is 18.4 Å². The number of nitrogens with zero attached hydrogens (tertiary/aromatic N) is 3. The number of nitrogens with one attached hydrogen (secondary N) is 2. The number of aromatic amines is 1. The molecule has 5 rings (SSSR count). The SMILES string of the molecule is O=C(CN1C(=O)NC2(CCC(F)(F)CC2)C1=O)c1ccc(-c2cncc3[nH]ncc23)cc1. The number of halogens is 2. The number of rotatable bonds is 4. The first kappa shape index (κ1) is 20.2. The molecule has 1 aliphatic carbocycles. The topological polar surface area (TPSA) is 108 Å². The number of urea groups is 1. The van der Waals surface area contributed by atoms with Crippen molar-refractivity contribution in [3.05, 3.63) is 48.4 Å². The van der Waals surface area contributed by atoms with Gasteiger partial charge in [-0.1, -0.05) is 24.3 Å². The molecule has 1 saturated carbocycles. The number of hydrogen-bond acceptors (Lipinski definition) is 5. The zero-order chi connectivity index (χ0) is 22.5. The number of benzene rings is 1. The molecule has 2 aromatic heterocycles. The molecule has 164 valence electrons. The summed E-state index contributed by atoms with van der Waals surface area (Å²) in [6, 6.07) is 6.03. The number of Topliss-reactive ketones (excluding diaryl/α,β-unsaturated/α-hetero) is 1. The van der Waals surface area contributed by atoms with E-state index in [0.29, 0.717) is 5.56 Å². The summed E-state index contributed by atoms with van der Waals surface area (Å²) in [6.45, 7) is -0.443. The van der Waals surface area contributed by atoms with Gasteiger partial charge in [0.05, 0.1) is 24.5 Å². The molecule has 0 atom stereocenters. The largest absolute Gasteiger partial charge is 0.325 e. The Morgan fingerprint density at radius 2 is 1.75 bits per heavy atom. The normalized spacial score (nSPS) is 19.5. The lowest BCUT2D eigenvalue weighted by atomic mass is 9.80.